The van der Waals surface area contributed by atoms with Crippen LogP contribution in [0.5, 0.6) is 0 Å². The quantitative estimate of drug-likeness (QED) is 0.419. The van der Waals surface area contributed by atoms with E-state index in [4.69, 9.17) is 21.1 Å². The van der Waals surface area contributed by atoms with Gasteiger partial charge >= 0.3 is 0 Å². The maximum Gasteiger partial charge on any atom is 0.251 e. The number of benzene rings is 2. The van der Waals surface area contributed by atoms with E-state index < -0.39 is 0 Å². The molecular weight excluding hydrogens is 462 g/mol. The van der Waals surface area contributed by atoms with Crippen molar-refractivity contribution in [2.75, 3.05) is 42.5 Å². The molecule has 7 nitrogen and oxygen atoms in total. The summed E-state index contributed by atoms with van der Waals surface area (Å²) < 4.78 is 5.21. The Morgan fingerprint density at radius 1 is 1.03 bits per heavy atom. The lowest BCUT2D eigenvalue weighted by atomic mass is 10.1. The molecule has 1 fully saturated rings. The standard InChI is InChI=1S/C27H28ClN5O2/c1-18-24(19(2)35-31-18)10-12-30-27(34)21-4-3-20-9-11-29-26(25(20)17-21)33-15-13-32(14-16-33)23-7-5-22(28)6-8-23/h3-9,11,17H,10,12-16H2,1-2H3,(H,30,34). The fourth-order valence-electron chi connectivity index (χ4n) is 4.64. The first-order valence-corrected chi connectivity index (χ1v) is 12.2. The van der Waals surface area contributed by atoms with E-state index in [2.05, 4.69) is 32.4 Å². The lowest BCUT2D eigenvalue weighted by Crippen LogP contribution is -2.46. The normalized spacial score (nSPS) is 13.9. The Hall–Kier alpha value is -3.58. The van der Waals surface area contributed by atoms with E-state index in [9.17, 15) is 4.79 Å². The van der Waals surface area contributed by atoms with Crippen LogP contribution in [0.3, 0.4) is 0 Å². The highest BCUT2D eigenvalue weighted by atomic mass is 35.5. The topological polar surface area (TPSA) is 74.5 Å². The van der Waals surface area contributed by atoms with Crippen LogP contribution < -0.4 is 15.1 Å². The number of anilines is 2. The SMILES string of the molecule is Cc1noc(C)c1CCNC(=O)c1ccc2ccnc(N3CCN(c4ccc(Cl)cc4)CC3)c2c1. The van der Waals surface area contributed by atoms with Crippen LogP contribution in [-0.2, 0) is 6.42 Å². The third kappa shape index (κ3) is 4.95. The molecule has 4 aromatic rings. The molecule has 2 aromatic heterocycles. The Morgan fingerprint density at radius 3 is 2.49 bits per heavy atom. The van der Waals surface area contributed by atoms with E-state index in [-0.39, 0.29) is 5.91 Å². The van der Waals surface area contributed by atoms with E-state index in [1.165, 1.54) is 5.69 Å². The number of nitrogens with zero attached hydrogens (tertiary/aromatic N) is 4. The first-order valence-electron chi connectivity index (χ1n) is 11.8. The van der Waals surface area contributed by atoms with Gasteiger partial charge in [0, 0.05) is 66.1 Å². The molecule has 0 bridgehead atoms. The summed E-state index contributed by atoms with van der Waals surface area (Å²) in [7, 11) is 0. The molecule has 8 heteroatoms. The zero-order chi connectivity index (χ0) is 24.4. The minimum atomic E-state index is -0.0963. The summed E-state index contributed by atoms with van der Waals surface area (Å²) in [6.45, 7) is 7.81. The summed E-state index contributed by atoms with van der Waals surface area (Å²) >= 11 is 6.04. The lowest BCUT2D eigenvalue weighted by Gasteiger charge is -2.37. The van der Waals surface area contributed by atoms with Gasteiger partial charge < -0.3 is 19.6 Å². The zero-order valence-electron chi connectivity index (χ0n) is 19.9. The number of rotatable bonds is 6. The molecule has 0 aliphatic carbocycles. The van der Waals surface area contributed by atoms with E-state index in [0.29, 0.717) is 18.5 Å². The summed E-state index contributed by atoms with van der Waals surface area (Å²) in [5.41, 5.74) is 3.73. The molecule has 1 aliphatic heterocycles. The van der Waals surface area contributed by atoms with Crippen molar-refractivity contribution in [3.8, 4) is 0 Å². The van der Waals surface area contributed by atoms with Gasteiger partial charge in [0.15, 0.2) is 0 Å². The predicted molar refractivity (Wildman–Crippen MR) is 140 cm³/mol. The van der Waals surface area contributed by atoms with Crippen LogP contribution in [0.25, 0.3) is 10.8 Å². The van der Waals surface area contributed by atoms with Gasteiger partial charge in [-0.3, -0.25) is 4.79 Å². The molecule has 5 rings (SSSR count). The smallest absolute Gasteiger partial charge is 0.251 e. The van der Waals surface area contributed by atoms with Crippen molar-refractivity contribution < 1.29 is 9.32 Å². The van der Waals surface area contributed by atoms with Gasteiger partial charge in [-0.2, -0.15) is 0 Å². The average Bonchev–Trinajstić information content (AvgIpc) is 3.21. The number of hydrogen-bond donors (Lipinski definition) is 1. The fraction of sp³-hybridized carbons (Fsp3) is 0.296. The average molecular weight is 490 g/mol. The molecule has 0 atom stereocenters. The molecule has 0 saturated carbocycles. The number of carbonyl (C=O) groups is 1. The monoisotopic (exact) mass is 489 g/mol. The number of halogens is 1. The minimum absolute atomic E-state index is 0.0963. The Labute approximate surface area is 209 Å². The molecule has 0 spiro atoms. The number of aryl methyl sites for hydroxylation is 2. The Balaban J connectivity index is 1.28. The molecule has 0 unspecified atom stereocenters. The molecule has 35 heavy (non-hydrogen) atoms. The maximum atomic E-state index is 12.9. The van der Waals surface area contributed by atoms with Gasteiger partial charge in [0.1, 0.15) is 11.6 Å². The molecule has 1 N–H and O–H groups in total. The van der Waals surface area contributed by atoms with Gasteiger partial charge in [-0.15, -0.1) is 0 Å². The van der Waals surface area contributed by atoms with Gasteiger partial charge in [0.2, 0.25) is 0 Å². The zero-order valence-corrected chi connectivity index (χ0v) is 20.7. The lowest BCUT2D eigenvalue weighted by molar-refractivity contribution is 0.0954. The minimum Gasteiger partial charge on any atom is -0.368 e. The van der Waals surface area contributed by atoms with Crippen LogP contribution in [0.4, 0.5) is 11.5 Å². The highest BCUT2D eigenvalue weighted by Gasteiger charge is 2.20. The van der Waals surface area contributed by atoms with Gasteiger partial charge in [-0.25, -0.2) is 4.98 Å². The number of aromatic nitrogens is 2. The van der Waals surface area contributed by atoms with Crippen LogP contribution in [0.15, 0.2) is 59.3 Å². The van der Waals surface area contributed by atoms with Crippen molar-refractivity contribution in [1.82, 2.24) is 15.5 Å². The van der Waals surface area contributed by atoms with E-state index in [1.54, 1.807) is 0 Å². The number of piperazine rings is 1. The number of fused-ring (bicyclic) bond motifs is 1. The van der Waals surface area contributed by atoms with Crippen LogP contribution in [0, 0.1) is 13.8 Å². The molecule has 2 aromatic carbocycles. The number of amides is 1. The summed E-state index contributed by atoms with van der Waals surface area (Å²) in [5, 5.41) is 9.81. The van der Waals surface area contributed by atoms with E-state index in [0.717, 1.165) is 64.8 Å². The second kappa shape index (κ2) is 9.96. The van der Waals surface area contributed by atoms with Gasteiger partial charge in [-0.1, -0.05) is 22.8 Å². The van der Waals surface area contributed by atoms with Crippen molar-refractivity contribution in [2.45, 2.75) is 20.3 Å². The second-order valence-corrected chi connectivity index (χ2v) is 9.27. The molecule has 180 valence electrons. The third-order valence-electron chi connectivity index (χ3n) is 6.62. The van der Waals surface area contributed by atoms with Gasteiger partial charge in [0.05, 0.1) is 5.69 Å². The van der Waals surface area contributed by atoms with Gasteiger partial charge in [-0.05, 0) is 68.1 Å². The molecule has 0 radical (unpaired) electrons. The Kier molecular flexibility index (Phi) is 6.59. The molecule has 1 amide bonds. The highest BCUT2D eigenvalue weighted by Crippen LogP contribution is 2.28. The summed E-state index contributed by atoms with van der Waals surface area (Å²) in [6.07, 6.45) is 2.53. The Bertz CT molecular complexity index is 1320. The number of nitrogens with one attached hydrogen (secondary N) is 1. The number of hydrogen-bond acceptors (Lipinski definition) is 6. The first-order chi connectivity index (χ1) is 17.0. The largest absolute Gasteiger partial charge is 0.368 e. The van der Waals surface area contributed by atoms with E-state index in [1.807, 2.05) is 56.4 Å². The van der Waals surface area contributed by atoms with Crippen LogP contribution in [0.2, 0.25) is 5.02 Å². The molecule has 3 heterocycles. The second-order valence-electron chi connectivity index (χ2n) is 8.83. The third-order valence-corrected chi connectivity index (χ3v) is 6.87. The van der Waals surface area contributed by atoms with Crippen molar-refractivity contribution in [1.29, 1.82) is 0 Å². The fourth-order valence-corrected chi connectivity index (χ4v) is 4.76. The Morgan fingerprint density at radius 2 is 1.77 bits per heavy atom. The van der Waals surface area contributed by atoms with Crippen molar-refractivity contribution in [3.05, 3.63) is 82.3 Å². The van der Waals surface area contributed by atoms with E-state index >= 15 is 0 Å². The molecule has 1 aliphatic rings. The highest BCUT2D eigenvalue weighted by molar-refractivity contribution is 6.30. The van der Waals surface area contributed by atoms with Crippen molar-refractivity contribution in [2.24, 2.45) is 0 Å². The summed E-state index contributed by atoms with van der Waals surface area (Å²) in [6, 6.07) is 15.8. The molecular formula is C27H28ClN5O2. The molecule has 1 saturated heterocycles. The summed E-state index contributed by atoms with van der Waals surface area (Å²) in [4.78, 5) is 22.3. The van der Waals surface area contributed by atoms with Gasteiger partial charge in [0.25, 0.3) is 5.91 Å². The first kappa shape index (κ1) is 23.2. The van der Waals surface area contributed by atoms with Crippen molar-refractivity contribution >= 4 is 39.8 Å². The summed E-state index contributed by atoms with van der Waals surface area (Å²) in [5.74, 6) is 1.62. The van der Waals surface area contributed by atoms with Crippen LogP contribution >= 0.6 is 11.6 Å². The number of carbonyl (C=O) groups excluding carboxylic acids is 1. The van der Waals surface area contributed by atoms with Crippen LogP contribution in [-0.4, -0.2) is 48.8 Å². The van der Waals surface area contributed by atoms with Crippen molar-refractivity contribution in [3.63, 3.8) is 0 Å². The predicted octanol–water partition coefficient (Wildman–Crippen LogP) is 4.79. The van der Waals surface area contributed by atoms with Crippen LogP contribution in [0.1, 0.15) is 27.4 Å². The maximum absolute atomic E-state index is 12.9. The number of pyridine rings is 1.